The molecule has 0 spiro atoms. The molecule has 2 atom stereocenters. The second-order valence-electron chi connectivity index (χ2n) is 8.96. The normalized spacial score (nSPS) is 22.5. The number of allylic oxidation sites excluding steroid dienone is 4. The molecule has 0 radical (unpaired) electrons. The van der Waals surface area contributed by atoms with E-state index in [4.69, 9.17) is 11.6 Å². The lowest BCUT2D eigenvalue weighted by atomic mass is 9.84. The minimum atomic E-state index is -0.197. The summed E-state index contributed by atoms with van der Waals surface area (Å²) in [6.45, 7) is 8.05. The van der Waals surface area contributed by atoms with Gasteiger partial charge in [-0.25, -0.2) is 0 Å². The van der Waals surface area contributed by atoms with E-state index in [-0.39, 0.29) is 17.5 Å². The highest BCUT2D eigenvalue weighted by molar-refractivity contribution is 6.31. The zero-order valence-electron chi connectivity index (χ0n) is 18.8. The van der Waals surface area contributed by atoms with Gasteiger partial charge in [-0.2, -0.15) is 0 Å². The number of carbonyl (C=O) groups is 2. The summed E-state index contributed by atoms with van der Waals surface area (Å²) in [5, 5.41) is 0.582. The molecule has 1 aliphatic heterocycles. The molecule has 0 bridgehead atoms. The first-order valence-electron chi connectivity index (χ1n) is 10.8. The highest BCUT2D eigenvalue weighted by Gasteiger charge is 2.26. The minimum absolute atomic E-state index is 0.0530. The number of halogens is 1. The number of likely N-dealkylation sites (N-methyl/N-ethyl adjacent to an activating group) is 2. The number of hydrogen-bond acceptors (Lipinski definition) is 4. The van der Waals surface area contributed by atoms with E-state index < -0.39 is 0 Å². The smallest absolute Gasteiger partial charge is 0.163 e. The number of likely N-dealkylation sites (tertiary alicyclic amines) is 1. The first-order chi connectivity index (χ1) is 14.2. The third-order valence-electron chi connectivity index (χ3n) is 6.55. The molecule has 1 saturated heterocycles. The molecular formula is C25H33ClN2O2. The van der Waals surface area contributed by atoms with Crippen LogP contribution in [0.15, 0.2) is 35.4 Å². The molecule has 1 aromatic carbocycles. The van der Waals surface area contributed by atoms with Crippen LogP contribution in [0.3, 0.4) is 0 Å². The van der Waals surface area contributed by atoms with Crippen molar-refractivity contribution in [3.8, 4) is 0 Å². The minimum Gasteiger partial charge on any atom is -0.370 e. The predicted molar refractivity (Wildman–Crippen MR) is 125 cm³/mol. The SMILES string of the molecule is CC1=CC(=O)C(CCC(=O)c2cc(Cl)cc(N(C)C3CCCN(C)C3)c2C)C(C)=C1. The molecule has 4 nitrogen and oxygen atoms in total. The fourth-order valence-corrected chi connectivity index (χ4v) is 5.02. The van der Waals surface area contributed by atoms with Crippen LogP contribution in [0.1, 0.15) is 55.5 Å². The third-order valence-corrected chi connectivity index (χ3v) is 6.77. The number of ketones is 2. The first kappa shape index (κ1) is 22.8. The van der Waals surface area contributed by atoms with Crippen molar-refractivity contribution in [1.82, 2.24) is 4.90 Å². The van der Waals surface area contributed by atoms with Crippen LogP contribution in [0.5, 0.6) is 0 Å². The molecule has 1 aromatic rings. The van der Waals surface area contributed by atoms with E-state index in [1.165, 1.54) is 6.42 Å². The molecule has 2 aliphatic rings. The molecule has 1 aliphatic carbocycles. The van der Waals surface area contributed by atoms with Gasteiger partial charge in [-0.05, 0) is 83.0 Å². The van der Waals surface area contributed by atoms with Crippen molar-refractivity contribution in [2.75, 3.05) is 32.1 Å². The standard InChI is InChI=1S/C25H33ClN2O2/c1-16-11-17(2)21(25(30)12-16)8-9-24(29)22-13-19(26)14-23(18(22)3)28(5)20-7-6-10-27(4)15-20/h11-14,20-21H,6-10,15H2,1-5H3. The van der Waals surface area contributed by atoms with E-state index >= 15 is 0 Å². The summed E-state index contributed by atoms with van der Waals surface area (Å²) in [4.78, 5) is 30.1. The average Bonchev–Trinajstić information content (AvgIpc) is 2.68. The Balaban J connectivity index is 1.77. The van der Waals surface area contributed by atoms with E-state index in [2.05, 4.69) is 23.9 Å². The lowest BCUT2D eigenvalue weighted by Gasteiger charge is -2.38. The Kier molecular flexibility index (Phi) is 7.20. The lowest BCUT2D eigenvalue weighted by molar-refractivity contribution is -0.117. The number of carbonyl (C=O) groups excluding carboxylic acids is 2. The van der Waals surface area contributed by atoms with Crippen LogP contribution < -0.4 is 4.90 Å². The van der Waals surface area contributed by atoms with Crippen LogP contribution >= 0.6 is 11.6 Å². The van der Waals surface area contributed by atoms with Gasteiger partial charge in [0.25, 0.3) is 0 Å². The fraction of sp³-hybridized carbons (Fsp3) is 0.520. The predicted octanol–water partition coefficient (Wildman–Crippen LogP) is 5.23. The molecule has 0 saturated carbocycles. The van der Waals surface area contributed by atoms with Crippen LogP contribution in [-0.2, 0) is 4.79 Å². The molecule has 1 fully saturated rings. The van der Waals surface area contributed by atoms with Crippen LogP contribution in [0.2, 0.25) is 5.02 Å². The number of Topliss-reactive ketones (excluding diaryl/α,β-unsaturated/α-hetero) is 1. The Hall–Kier alpha value is -1.91. The highest BCUT2D eigenvalue weighted by Crippen LogP contribution is 2.32. The van der Waals surface area contributed by atoms with E-state index in [0.717, 1.165) is 41.9 Å². The Bertz CT molecular complexity index is 903. The Morgan fingerprint density at radius 1 is 1.23 bits per heavy atom. The van der Waals surface area contributed by atoms with Crippen molar-refractivity contribution >= 4 is 28.9 Å². The van der Waals surface area contributed by atoms with Gasteiger partial charge in [0.15, 0.2) is 11.6 Å². The number of benzene rings is 1. The van der Waals surface area contributed by atoms with Crippen molar-refractivity contribution in [2.24, 2.45) is 5.92 Å². The van der Waals surface area contributed by atoms with Gasteiger partial charge in [-0.3, -0.25) is 9.59 Å². The van der Waals surface area contributed by atoms with Gasteiger partial charge in [0.05, 0.1) is 0 Å². The van der Waals surface area contributed by atoms with Gasteiger partial charge in [0, 0.05) is 48.2 Å². The summed E-state index contributed by atoms with van der Waals surface area (Å²) >= 11 is 6.43. The third kappa shape index (κ3) is 5.04. The maximum absolute atomic E-state index is 13.1. The van der Waals surface area contributed by atoms with Crippen LogP contribution in [0.4, 0.5) is 5.69 Å². The molecule has 0 N–H and O–H groups in total. The van der Waals surface area contributed by atoms with E-state index in [9.17, 15) is 9.59 Å². The largest absolute Gasteiger partial charge is 0.370 e. The maximum Gasteiger partial charge on any atom is 0.163 e. The highest BCUT2D eigenvalue weighted by atomic mass is 35.5. The first-order valence-corrected chi connectivity index (χ1v) is 11.2. The number of hydrogen-bond donors (Lipinski definition) is 0. The second-order valence-corrected chi connectivity index (χ2v) is 9.40. The van der Waals surface area contributed by atoms with Crippen molar-refractivity contribution in [1.29, 1.82) is 0 Å². The van der Waals surface area contributed by atoms with Crippen LogP contribution in [0, 0.1) is 12.8 Å². The summed E-state index contributed by atoms with van der Waals surface area (Å²) in [6.07, 6.45) is 6.90. The zero-order valence-corrected chi connectivity index (χ0v) is 19.6. The quantitative estimate of drug-likeness (QED) is 0.581. The summed E-state index contributed by atoms with van der Waals surface area (Å²) < 4.78 is 0. The Morgan fingerprint density at radius 3 is 2.63 bits per heavy atom. The fourth-order valence-electron chi connectivity index (χ4n) is 4.80. The number of rotatable bonds is 6. The molecule has 5 heteroatoms. The lowest BCUT2D eigenvalue weighted by Crippen LogP contribution is -2.45. The monoisotopic (exact) mass is 428 g/mol. The van der Waals surface area contributed by atoms with Gasteiger partial charge in [-0.1, -0.05) is 23.3 Å². The molecule has 1 heterocycles. The van der Waals surface area contributed by atoms with Gasteiger partial charge in [0.1, 0.15) is 0 Å². The van der Waals surface area contributed by atoms with Gasteiger partial charge in [0.2, 0.25) is 0 Å². The van der Waals surface area contributed by atoms with E-state index in [0.29, 0.717) is 29.5 Å². The topological polar surface area (TPSA) is 40.6 Å². The van der Waals surface area contributed by atoms with Gasteiger partial charge < -0.3 is 9.80 Å². The average molecular weight is 429 g/mol. The molecule has 30 heavy (non-hydrogen) atoms. The Labute approximate surface area is 185 Å². The Morgan fingerprint density at radius 2 is 1.97 bits per heavy atom. The maximum atomic E-state index is 13.1. The molecule has 0 aromatic heterocycles. The van der Waals surface area contributed by atoms with Crippen molar-refractivity contribution < 1.29 is 9.59 Å². The molecular weight excluding hydrogens is 396 g/mol. The number of piperidine rings is 1. The molecule has 162 valence electrons. The van der Waals surface area contributed by atoms with Crippen molar-refractivity contribution in [3.63, 3.8) is 0 Å². The van der Waals surface area contributed by atoms with Crippen molar-refractivity contribution in [2.45, 2.75) is 52.5 Å². The van der Waals surface area contributed by atoms with Crippen LogP contribution in [-0.4, -0.2) is 49.7 Å². The van der Waals surface area contributed by atoms with E-state index in [1.807, 2.05) is 32.9 Å². The molecule has 3 rings (SSSR count). The summed E-state index contributed by atoms with van der Waals surface area (Å²) in [5.41, 5.74) is 4.68. The molecule has 0 amide bonds. The zero-order chi connectivity index (χ0) is 22.0. The molecule has 2 unspecified atom stereocenters. The number of anilines is 1. The second kappa shape index (κ2) is 9.49. The summed E-state index contributed by atoms with van der Waals surface area (Å²) in [6, 6.07) is 4.15. The van der Waals surface area contributed by atoms with Crippen LogP contribution in [0.25, 0.3) is 0 Å². The van der Waals surface area contributed by atoms with Crippen molar-refractivity contribution in [3.05, 3.63) is 51.6 Å². The van der Waals surface area contributed by atoms with Gasteiger partial charge >= 0.3 is 0 Å². The summed E-state index contributed by atoms with van der Waals surface area (Å²) in [7, 11) is 4.25. The summed E-state index contributed by atoms with van der Waals surface area (Å²) in [5.74, 6) is -0.0423. The van der Waals surface area contributed by atoms with E-state index in [1.54, 1.807) is 12.1 Å². The van der Waals surface area contributed by atoms with Gasteiger partial charge in [-0.15, -0.1) is 0 Å². The number of nitrogens with zero attached hydrogens (tertiary/aromatic N) is 2.